The van der Waals surface area contributed by atoms with Gasteiger partial charge in [-0.25, -0.2) is 8.42 Å². The van der Waals surface area contributed by atoms with E-state index in [2.05, 4.69) is 26.8 Å². The minimum Gasteiger partial charge on any atom is -0.493 e. The molecule has 0 saturated heterocycles. The van der Waals surface area contributed by atoms with E-state index in [0.717, 1.165) is 11.3 Å². The maximum Gasteiger partial charge on any atom is 0.233 e. The fourth-order valence-electron chi connectivity index (χ4n) is 2.06. The molecular formula is C16H25ClO3S. The Morgan fingerprint density at radius 1 is 1.14 bits per heavy atom. The molecule has 0 aliphatic rings. The molecule has 0 N–H and O–H groups in total. The Balaban J connectivity index is 2.81. The minimum atomic E-state index is -3.53. The highest BCUT2D eigenvalue weighted by molar-refractivity contribution is 8.13. The van der Waals surface area contributed by atoms with E-state index in [-0.39, 0.29) is 11.2 Å². The quantitative estimate of drug-likeness (QED) is 0.756. The Kier molecular flexibility index (Phi) is 5.38. The van der Waals surface area contributed by atoms with E-state index in [0.29, 0.717) is 6.61 Å². The summed E-state index contributed by atoms with van der Waals surface area (Å²) in [5.74, 6) is 0.670. The lowest BCUT2D eigenvalue weighted by Gasteiger charge is -2.25. The van der Waals surface area contributed by atoms with Crippen LogP contribution in [0.25, 0.3) is 0 Å². The van der Waals surface area contributed by atoms with Crippen molar-refractivity contribution in [3.8, 4) is 5.75 Å². The third-order valence-corrected chi connectivity index (χ3v) is 4.68. The van der Waals surface area contributed by atoms with Crippen molar-refractivity contribution in [1.29, 1.82) is 0 Å². The van der Waals surface area contributed by atoms with Gasteiger partial charge in [0.1, 0.15) is 5.75 Å². The zero-order valence-electron chi connectivity index (χ0n) is 13.7. The van der Waals surface area contributed by atoms with Crippen molar-refractivity contribution in [2.24, 2.45) is 5.41 Å². The minimum absolute atomic E-state index is 0.0925. The fourth-order valence-corrected chi connectivity index (χ4v) is 3.96. The van der Waals surface area contributed by atoms with E-state index < -0.39 is 14.5 Å². The van der Waals surface area contributed by atoms with Gasteiger partial charge in [-0.2, -0.15) is 0 Å². The third-order valence-electron chi connectivity index (χ3n) is 3.22. The average molecular weight is 333 g/mol. The van der Waals surface area contributed by atoms with Crippen LogP contribution in [0.3, 0.4) is 0 Å². The molecule has 0 bridgehead atoms. The van der Waals surface area contributed by atoms with Crippen LogP contribution in [0.15, 0.2) is 18.2 Å². The zero-order valence-corrected chi connectivity index (χ0v) is 15.2. The van der Waals surface area contributed by atoms with Crippen LogP contribution in [0.1, 0.15) is 45.7 Å². The summed E-state index contributed by atoms with van der Waals surface area (Å²) in [6, 6.07) is 6.11. The van der Waals surface area contributed by atoms with Crippen LogP contribution < -0.4 is 4.74 Å². The van der Waals surface area contributed by atoms with E-state index in [4.69, 9.17) is 15.4 Å². The molecule has 1 aromatic rings. The van der Waals surface area contributed by atoms with Crippen molar-refractivity contribution in [3.05, 3.63) is 29.3 Å². The van der Waals surface area contributed by atoms with Gasteiger partial charge in [0.2, 0.25) is 9.05 Å². The molecular weight excluding hydrogens is 308 g/mol. The summed E-state index contributed by atoms with van der Waals surface area (Å²) < 4.78 is 28.2. The molecule has 0 heterocycles. The number of hydrogen-bond donors (Lipinski definition) is 0. The second-order valence-electron chi connectivity index (χ2n) is 7.37. The van der Waals surface area contributed by atoms with Gasteiger partial charge in [0.05, 0.1) is 12.4 Å². The van der Waals surface area contributed by atoms with Crippen molar-refractivity contribution in [2.75, 3.05) is 12.4 Å². The summed E-state index contributed by atoms with van der Waals surface area (Å²) in [7, 11) is 1.79. The molecule has 21 heavy (non-hydrogen) atoms. The van der Waals surface area contributed by atoms with Crippen LogP contribution in [0.2, 0.25) is 0 Å². The van der Waals surface area contributed by atoms with Crippen molar-refractivity contribution >= 4 is 19.7 Å². The molecule has 0 aliphatic heterocycles. The van der Waals surface area contributed by atoms with Crippen molar-refractivity contribution in [3.63, 3.8) is 0 Å². The van der Waals surface area contributed by atoms with E-state index in [1.54, 1.807) is 0 Å². The lowest BCUT2D eigenvalue weighted by Crippen LogP contribution is -2.28. The van der Waals surface area contributed by atoms with Gasteiger partial charge in [-0.15, -0.1) is 0 Å². The smallest absolute Gasteiger partial charge is 0.233 e. The second kappa shape index (κ2) is 6.17. The molecule has 0 aliphatic carbocycles. The molecule has 0 unspecified atom stereocenters. The van der Waals surface area contributed by atoms with Gasteiger partial charge >= 0.3 is 0 Å². The monoisotopic (exact) mass is 332 g/mol. The molecule has 0 atom stereocenters. The van der Waals surface area contributed by atoms with Gasteiger partial charge in [0, 0.05) is 16.1 Å². The highest BCUT2D eigenvalue weighted by atomic mass is 35.7. The van der Waals surface area contributed by atoms with E-state index >= 15 is 0 Å². The molecule has 5 heteroatoms. The summed E-state index contributed by atoms with van der Waals surface area (Å²) in [5.41, 5.74) is 1.85. The van der Waals surface area contributed by atoms with Gasteiger partial charge in [-0.05, 0) is 29.5 Å². The predicted molar refractivity (Wildman–Crippen MR) is 88.8 cm³/mol. The number of rotatable bonds is 5. The summed E-state index contributed by atoms with van der Waals surface area (Å²) in [5, 5.41) is 0. The van der Waals surface area contributed by atoms with Crippen LogP contribution in [-0.2, 0) is 14.5 Å². The van der Waals surface area contributed by atoms with Crippen molar-refractivity contribution in [2.45, 2.75) is 47.0 Å². The molecule has 1 rings (SSSR count). The first-order chi connectivity index (χ1) is 9.30. The highest BCUT2D eigenvalue weighted by Gasteiger charge is 2.26. The van der Waals surface area contributed by atoms with Gasteiger partial charge in [0.25, 0.3) is 0 Å². The Morgan fingerprint density at radius 2 is 1.71 bits per heavy atom. The number of halogens is 1. The Labute approximate surface area is 133 Å². The standard InChI is InChI=1S/C16H25ClO3S/c1-12-9-13(15(2,3)4)7-8-14(12)20-10-16(5,6)11-21(17,18)19/h7-9H,10-11H2,1-6H3. The SMILES string of the molecule is Cc1cc(C(C)(C)C)ccc1OCC(C)(C)CS(=O)(=O)Cl. The Hall–Kier alpha value is -0.740. The second-order valence-corrected chi connectivity index (χ2v) is 10.1. The normalized spacial score (nSPS) is 13.3. The van der Waals surface area contributed by atoms with E-state index in [1.165, 1.54) is 5.56 Å². The Bertz CT molecular complexity index is 598. The predicted octanol–water partition coefficient (Wildman–Crippen LogP) is 4.27. The van der Waals surface area contributed by atoms with Crippen molar-refractivity contribution in [1.82, 2.24) is 0 Å². The number of hydrogen-bond acceptors (Lipinski definition) is 3. The number of ether oxygens (including phenoxy) is 1. The first-order valence-corrected chi connectivity index (χ1v) is 9.44. The molecule has 3 nitrogen and oxygen atoms in total. The van der Waals surface area contributed by atoms with Gasteiger partial charge < -0.3 is 4.74 Å². The summed E-state index contributed by atoms with van der Waals surface area (Å²) >= 11 is 0. The van der Waals surface area contributed by atoms with Crippen LogP contribution >= 0.6 is 10.7 Å². The van der Waals surface area contributed by atoms with Gasteiger partial charge in [-0.3, -0.25) is 0 Å². The first kappa shape index (κ1) is 18.3. The molecule has 0 saturated carbocycles. The molecule has 1 aromatic carbocycles. The summed E-state index contributed by atoms with van der Waals surface area (Å²) in [4.78, 5) is 0. The molecule has 0 radical (unpaired) electrons. The van der Waals surface area contributed by atoms with Crippen LogP contribution in [-0.4, -0.2) is 20.8 Å². The van der Waals surface area contributed by atoms with E-state index in [9.17, 15) is 8.42 Å². The van der Waals surface area contributed by atoms with Gasteiger partial charge in [-0.1, -0.05) is 46.8 Å². The average Bonchev–Trinajstić information content (AvgIpc) is 2.22. The molecule has 0 amide bonds. The Morgan fingerprint density at radius 3 is 2.14 bits per heavy atom. The molecule has 0 aromatic heterocycles. The third kappa shape index (κ3) is 6.27. The van der Waals surface area contributed by atoms with Crippen LogP contribution in [0.5, 0.6) is 5.75 Å². The lowest BCUT2D eigenvalue weighted by molar-refractivity contribution is 0.199. The zero-order chi connectivity index (χ0) is 16.5. The summed E-state index contributed by atoms with van der Waals surface area (Å²) in [6.07, 6.45) is 0. The first-order valence-electron chi connectivity index (χ1n) is 6.96. The maximum absolute atomic E-state index is 11.2. The van der Waals surface area contributed by atoms with Crippen LogP contribution in [0.4, 0.5) is 0 Å². The summed E-state index contributed by atoms with van der Waals surface area (Å²) in [6.45, 7) is 12.4. The fraction of sp³-hybridized carbons (Fsp3) is 0.625. The lowest BCUT2D eigenvalue weighted by atomic mass is 9.86. The number of aryl methyl sites for hydroxylation is 1. The molecule has 120 valence electrons. The van der Waals surface area contributed by atoms with Crippen LogP contribution in [0, 0.1) is 12.3 Å². The molecule has 0 fully saturated rings. The number of benzene rings is 1. The van der Waals surface area contributed by atoms with E-state index in [1.807, 2.05) is 32.9 Å². The highest BCUT2D eigenvalue weighted by Crippen LogP contribution is 2.29. The van der Waals surface area contributed by atoms with Gasteiger partial charge in [0.15, 0.2) is 0 Å². The topological polar surface area (TPSA) is 43.4 Å². The largest absolute Gasteiger partial charge is 0.493 e. The molecule has 0 spiro atoms. The van der Waals surface area contributed by atoms with Crippen molar-refractivity contribution < 1.29 is 13.2 Å². The maximum atomic E-state index is 11.2.